The second-order valence-electron chi connectivity index (χ2n) is 4.66. The van der Waals surface area contributed by atoms with Crippen molar-refractivity contribution in [1.82, 2.24) is 0 Å². The molecule has 1 heterocycles. The summed E-state index contributed by atoms with van der Waals surface area (Å²) in [4.78, 5) is 2.06. The van der Waals surface area contributed by atoms with E-state index in [0.717, 1.165) is 25.9 Å². The molecule has 1 unspecified atom stereocenters. The molecule has 1 fully saturated rings. The number of nitrogens with zero attached hydrogens (tertiary/aromatic N) is 2. The van der Waals surface area contributed by atoms with E-state index in [1.165, 1.54) is 6.07 Å². The van der Waals surface area contributed by atoms with Crippen molar-refractivity contribution in [3.8, 4) is 0 Å². The fraction of sp³-hybridized carbons (Fsp3) is 0.462. The van der Waals surface area contributed by atoms with E-state index in [1.54, 1.807) is 12.1 Å². The van der Waals surface area contributed by atoms with Crippen molar-refractivity contribution in [2.24, 2.45) is 16.8 Å². The van der Waals surface area contributed by atoms with Crippen LogP contribution in [-0.2, 0) is 0 Å². The first-order valence-corrected chi connectivity index (χ1v) is 6.18. The molecule has 4 nitrogen and oxygen atoms in total. The molecule has 0 bridgehead atoms. The number of hydrogen-bond acceptors (Lipinski definition) is 3. The first-order chi connectivity index (χ1) is 8.65. The van der Waals surface area contributed by atoms with Crippen LogP contribution in [0.1, 0.15) is 25.3 Å². The Morgan fingerprint density at radius 2 is 2.39 bits per heavy atom. The fourth-order valence-corrected chi connectivity index (χ4v) is 2.37. The first-order valence-electron chi connectivity index (χ1n) is 6.18. The van der Waals surface area contributed by atoms with Gasteiger partial charge in [0.2, 0.25) is 0 Å². The molecule has 0 radical (unpaired) electrons. The van der Waals surface area contributed by atoms with Crippen molar-refractivity contribution in [3.63, 3.8) is 0 Å². The Hall–Kier alpha value is -1.78. The van der Waals surface area contributed by atoms with Crippen LogP contribution in [0.4, 0.5) is 10.1 Å². The Labute approximate surface area is 106 Å². The highest BCUT2D eigenvalue weighted by Gasteiger charge is 2.23. The predicted octanol–water partition coefficient (Wildman–Crippen LogP) is 2.16. The van der Waals surface area contributed by atoms with E-state index in [2.05, 4.69) is 17.0 Å². The van der Waals surface area contributed by atoms with E-state index in [-0.39, 0.29) is 11.7 Å². The first kappa shape index (κ1) is 12.7. The average Bonchev–Trinajstić information content (AvgIpc) is 2.86. The highest BCUT2D eigenvalue weighted by Crippen LogP contribution is 2.28. The minimum atomic E-state index is -0.323. The molecule has 1 aromatic rings. The third-order valence-corrected chi connectivity index (χ3v) is 3.56. The molecule has 0 spiro atoms. The van der Waals surface area contributed by atoms with Crippen molar-refractivity contribution in [2.75, 3.05) is 18.0 Å². The minimum Gasteiger partial charge on any atom is -0.409 e. The SMILES string of the molecule is CCC1CCN(c2ccc(/C(N)=N/O)cc2F)C1. The second-order valence-corrected chi connectivity index (χ2v) is 4.66. The average molecular weight is 251 g/mol. The van der Waals surface area contributed by atoms with E-state index >= 15 is 0 Å². The van der Waals surface area contributed by atoms with Gasteiger partial charge in [0.05, 0.1) is 5.69 Å². The van der Waals surface area contributed by atoms with E-state index in [9.17, 15) is 4.39 Å². The maximum Gasteiger partial charge on any atom is 0.170 e. The predicted molar refractivity (Wildman–Crippen MR) is 69.5 cm³/mol. The van der Waals surface area contributed by atoms with Crippen LogP contribution in [0.25, 0.3) is 0 Å². The number of benzene rings is 1. The number of oxime groups is 1. The molecular weight excluding hydrogens is 233 g/mol. The van der Waals surface area contributed by atoms with Gasteiger partial charge in [0.25, 0.3) is 0 Å². The number of hydrogen-bond donors (Lipinski definition) is 2. The van der Waals surface area contributed by atoms with Crippen molar-refractivity contribution < 1.29 is 9.60 Å². The van der Waals surface area contributed by atoms with Gasteiger partial charge in [-0.25, -0.2) is 4.39 Å². The highest BCUT2D eigenvalue weighted by atomic mass is 19.1. The van der Waals surface area contributed by atoms with Crippen LogP contribution >= 0.6 is 0 Å². The second kappa shape index (κ2) is 5.25. The zero-order valence-corrected chi connectivity index (χ0v) is 10.4. The van der Waals surface area contributed by atoms with Gasteiger partial charge in [-0.3, -0.25) is 0 Å². The van der Waals surface area contributed by atoms with Gasteiger partial charge < -0.3 is 15.8 Å². The summed E-state index contributed by atoms with van der Waals surface area (Å²) in [7, 11) is 0. The van der Waals surface area contributed by atoms with E-state index < -0.39 is 0 Å². The van der Waals surface area contributed by atoms with Crippen LogP contribution in [0, 0.1) is 11.7 Å². The number of rotatable bonds is 3. The lowest BCUT2D eigenvalue weighted by molar-refractivity contribution is 0.318. The van der Waals surface area contributed by atoms with Crippen LogP contribution < -0.4 is 10.6 Å². The van der Waals surface area contributed by atoms with Gasteiger partial charge in [0.15, 0.2) is 5.84 Å². The maximum absolute atomic E-state index is 14.0. The zero-order valence-electron chi connectivity index (χ0n) is 10.4. The Balaban J connectivity index is 2.20. The molecule has 0 amide bonds. The summed E-state index contributed by atoms with van der Waals surface area (Å²) in [5.74, 6) is 0.248. The van der Waals surface area contributed by atoms with Crippen LogP contribution in [0.5, 0.6) is 0 Å². The normalized spacial score (nSPS) is 20.4. The largest absolute Gasteiger partial charge is 0.409 e. The van der Waals surface area contributed by atoms with Gasteiger partial charge in [-0.1, -0.05) is 18.5 Å². The van der Waals surface area contributed by atoms with Gasteiger partial charge in [0, 0.05) is 18.7 Å². The summed E-state index contributed by atoms with van der Waals surface area (Å²) >= 11 is 0. The Bertz CT molecular complexity index is 462. The molecule has 0 aliphatic carbocycles. The molecule has 3 N–H and O–H groups in total. The molecule has 0 aromatic heterocycles. The van der Waals surface area contributed by atoms with Gasteiger partial charge in [-0.05, 0) is 30.5 Å². The lowest BCUT2D eigenvalue weighted by atomic mass is 10.1. The lowest BCUT2D eigenvalue weighted by Gasteiger charge is -2.19. The van der Waals surface area contributed by atoms with Crippen molar-refractivity contribution >= 4 is 11.5 Å². The summed E-state index contributed by atoms with van der Waals surface area (Å²) in [6.07, 6.45) is 2.23. The van der Waals surface area contributed by atoms with Crippen LogP contribution in [0.2, 0.25) is 0 Å². The van der Waals surface area contributed by atoms with Crippen LogP contribution in [-0.4, -0.2) is 24.1 Å². The molecular formula is C13H18FN3O. The number of halogens is 1. The quantitative estimate of drug-likeness (QED) is 0.374. The standard InChI is InChI=1S/C13H18FN3O/c1-2-9-5-6-17(8-9)12-4-3-10(7-11(12)14)13(15)16-18/h3-4,7,9,18H,2,5-6,8H2,1H3,(H2,15,16). The Kier molecular flexibility index (Phi) is 3.69. The lowest BCUT2D eigenvalue weighted by Crippen LogP contribution is -2.21. The fourth-order valence-electron chi connectivity index (χ4n) is 2.37. The van der Waals surface area contributed by atoms with E-state index in [0.29, 0.717) is 17.2 Å². The molecule has 1 saturated heterocycles. The molecule has 1 atom stereocenters. The topological polar surface area (TPSA) is 61.8 Å². The van der Waals surface area contributed by atoms with Crippen molar-refractivity contribution in [2.45, 2.75) is 19.8 Å². The summed E-state index contributed by atoms with van der Waals surface area (Å²) in [5.41, 5.74) is 6.42. The molecule has 98 valence electrons. The van der Waals surface area contributed by atoms with Gasteiger partial charge in [0.1, 0.15) is 5.82 Å². The maximum atomic E-state index is 14.0. The third-order valence-electron chi connectivity index (χ3n) is 3.56. The number of nitrogens with two attached hydrogens (primary N) is 1. The van der Waals surface area contributed by atoms with Gasteiger partial charge in [-0.15, -0.1) is 0 Å². The molecule has 1 aromatic carbocycles. The van der Waals surface area contributed by atoms with Crippen molar-refractivity contribution in [3.05, 3.63) is 29.6 Å². The molecule has 2 rings (SSSR count). The molecule has 18 heavy (non-hydrogen) atoms. The molecule has 5 heteroatoms. The smallest absolute Gasteiger partial charge is 0.170 e. The summed E-state index contributed by atoms with van der Waals surface area (Å²) in [5, 5.41) is 11.4. The third kappa shape index (κ3) is 2.39. The number of anilines is 1. The number of amidine groups is 1. The Morgan fingerprint density at radius 1 is 1.61 bits per heavy atom. The molecule has 0 saturated carbocycles. The van der Waals surface area contributed by atoms with Gasteiger partial charge >= 0.3 is 0 Å². The summed E-state index contributed by atoms with van der Waals surface area (Å²) in [6, 6.07) is 4.68. The molecule has 1 aliphatic heterocycles. The monoisotopic (exact) mass is 251 g/mol. The zero-order chi connectivity index (χ0) is 13.1. The minimum absolute atomic E-state index is 0.0756. The Morgan fingerprint density at radius 3 is 2.94 bits per heavy atom. The van der Waals surface area contributed by atoms with Crippen molar-refractivity contribution in [1.29, 1.82) is 0 Å². The van der Waals surface area contributed by atoms with Crippen LogP contribution in [0.3, 0.4) is 0 Å². The van der Waals surface area contributed by atoms with Crippen LogP contribution in [0.15, 0.2) is 23.4 Å². The van der Waals surface area contributed by atoms with Gasteiger partial charge in [-0.2, -0.15) is 0 Å². The highest BCUT2D eigenvalue weighted by molar-refractivity contribution is 5.97. The molecule has 1 aliphatic rings. The summed E-state index contributed by atoms with van der Waals surface area (Å²) in [6.45, 7) is 3.95. The van der Waals surface area contributed by atoms with E-state index in [4.69, 9.17) is 10.9 Å². The van der Waals surface area contributed by atoms with E-state index in [1.807, 2.05) is 0 Å². The summed E-state index contributed by atoms with van der Waals surface area (Å²) < 4.78 is 14.0.